The van der Waals surface area contributed by atoms with Crippen LogP contribution in [0, 0.1) is 22.0 Å². The number of halogens is 1. The van der Waals surface area contributed by atoms with E-state index >= 15 is 0 Å². The van der Waals surface area contributed by atoms with E-state index in [1.807, 2.05) is 4.90 Å². The Balaban J connectivity index is 2.24. The zero-order valence-electron chi connectivity index (χ0n) is 11.8. The van der Waals surface area contributed by atoms with E-state index < -0.39 is 4.92 Å². The predicted molar refractivity (Wildman–Crippen MR) is 78.1 cm³/mol. The summed E-state index contributed by atoms with van der Waals surface area (Å²) >= 11 is 5.84. The van der Waals surface area contributed by atoms with Gasteiger partial charge < -0.3 is 4.90 Å². The molecule has 110 valence electrons. The van der Waals surface area contributed by atoms with Crippen LogP contribution in [0.1, 0.15) is 33.1 Å². The summed E-state index contributed by atoms with van der Waals surface area (Å²) in [5.41, 5.74) is -0.183. The molecule has 0 aromatic carbocycles. The normalized spacial score (nSPS) is 20.0. The number of nitro groups is 1. The van der Waals surface area contributed by atoms with Gasteiger partial charge in [-0.25, -0.2) is 9.97 Å². The van der Waals surface area contributed by atoms with Crippen LogP contribution in [0.3, 0.4) is 0 Å². The highest BCUT2D eigenvalue weighted by atomic mass is 35.5. The lowest BCUT2D eigenvalue weighted by Crippen LogP contribution is -2.26. The Kier molecular flexibility index (Phi) is 4.75. The number of anilines is 1. The molecule has 6 nitrogen and oxygen atoms in total. The van der Waals surface area contributed by atoms with Crippen LogP contribution >= 0.6 is 11.6 Å². The second-order valence-corrected chi connectivity index (χ2v) is 5.87. The monoisotopic (exact) mass is 298 g/mol. The molecule has 2 heterocycles. The summed E-state index contributed by atoms with van der Waals surface area (Å²) in [7, 11) is 0. The first kappa shape index (κ1) is 15.0. The van der Waals surface area contributed by atoms with Gasteiger partial charge in [-0.2, -0.15) is 0 Å². The Morgan fingerprint density at radius 2 is 2.15 bits per heavy atom. The van der Waals surface area contributed by atoms with E-state index in [1.165, 1.54) is 6.33 Å². The lowest BCUT2D eigenvalue weighted by atomic mass is 9.89. The van der Waals surface area contributed by atoms with Gasteiger partial charge in [0.05, 0.1) is 4.92 Å². The molecule has 0 saturated carbocycles. The third kappa shape index (κ3) is 3.17. The highest BCUT2D eigenvalue weighted by molar-refractivity contribution is 6.31. The highest BCUT2D eigenvalue weighted by Crippen LogP contribution is 2.34. The first-order valence-electron chi connectivity index (χ1n) is 6.90. The SMILES string of the molecule is CC(C)C1CCCN(c2ncnc(Cl)c2[N+](=O)[O-])CC1. The molecular weight excluding hydrogens is 280 g/mol. The second-order valence-electron chi connectivity index (χ2n) is 5.52. The van der Waals surface area contributed by atoms with E-state index in [2.05, 4.69) is 23.8 Å². The molecule has 1 atom stereocenters. The molecule has 2 rings (SSSR count). The molecule has 1 unspecified atom stereocenters. The largest absolute Gasteiger partial charge is 0.351 e. The lowest BCUT2D eigenvalue weighted by molar-refractivity contribution is -0.384. The van der Waals surface area contributed by atoms with Gasteiger partial charge in [0.2, 0.25) is 11.0 Å². The maximum absolute atomic E-state index is 11.2. The van der Waals surface area contributed by atoms with E-state index in [0.29, 0.717) is 17.7 Å². The quantitative estimate of drug-likeness (QED) is 0.486. The van der Waals surface area contributed by atoms with Gasteiger partial charge in [0.1, 0.15) is 6.33 Å². The molecule has 1 aromatic rings. The van der Waals surface area contributed by atoms with E-state index in [4.69, 9.17) is 11.6 Å². The van der Waals surface area contributed by atoms with Gasteiger partial charge in [0.15, 0.2) is 0 Å². The zero-order chi connectivity index (χ0) is 14.7. The topological polar surface area (TPSA) is 72.2 Å². The van der Waals surface area contributed by atoms with Crippen molar-refractivity contribution in [2.45, 2.75) is 33.1 Å². The number of hydrogen-bond donors (Lipinski definition) is 0. The minimum Gasteiger partial charge on any atom is -0.351 e. The third-order valence-electron chi connectivity index (χ3n) is 3.96. The fourth-order valence-corrected chi connectivity index (χ4v) is 2.93. The maximum atomic E-state index is 11.2. The number of rotatable bonds is 3. The van der Waals surface area contributed by atoms with E-state index in [9.17, 15) is 10.1 Å². The second kappa shape index (κ2) is 6.35. The Bertz CT molecular complexity index is 495. The average molecular weight is 299 g/mol. The molecule has 1 aliphatic heterocycles. The van der Waals surface area contributed by atoms with Crippen molar-refractivity contribution in [2.24, 2.45) is 11.8 Å². The molecule has 0 amide bonds. The molecule has 0 spiro atoms. The zero-order valence-corrected chi connectivity index (χ0v) is 12.5. The molecule has 0 bridgehead atoms. The van der Waals surface area contributed by atoms with Crippen molar-refractivity contribution in [1.82, 2.24) is 9.97 Å². The summed E-state index contributed by atoms with van der Waals surface area (Å²) in [5, 5.41) is 11.1. The smallest absolute Gasteiger partial charge is 0.348 e. The molecule has 0 N–H and O–H groups in total. The Hall–Kier alpha value is -1.43. The lowest BCUT2D eigenvalue weighted by Gasteiger charge is -2.22. The Labute approximate surface area is 123 Å². The summed E-state index contributed by atoms with van der Waals surface area (Å²) in [6.45, 7) is 6.00. The van der Waals surface area contributed by atoms with Crippen LogP contribution in [0.25, 0.3) is 0 Å². The molecular formula is C13H19ClN4O2. The minimum absolute atomic E-state index is 0.0929. The first-order chi connectivity index (χ1) is 9.50. The van der Waals surface area contributed by atoms with Crippen LogP contribution in [0.5, 0.6) is 0 Å². The van der Waals surface area contributed by atoms with Gasteiger partial charge in [-0.3, -0.25) is 10.1 Å². The molecule has 7 heteroatoms. The molecule has 1 aliphatic rings. The Morgan fingerprint density at radius 3 is 2.80 bits per heavy atom. The van der Waals surface area contributed by atoms with Gasteiger partial charge >= 0.3 is 5.69 Å². The van der Waals surface area contributed by atoms with Crippen LogP contribution in [-0.2, 0) is 0 Å². The van der Waals surface area contributed by atoms with Gasteiger partial charge in [0, 0.05) is 13.1 Å². The van der Waals surface area contributed by atoms with Crippen molar-refractivity contribution in [1.29, 1.82) is 0 Å². The first-order valence-corrected chi connectivity index (χ1v) is 7.28. The van der Waals surface area contributed by atoms with Crippen LogP contribution in [0.2, 0.25) is 5.15 Å². The average Bonchev–Trinajstić information content (AvgIpc) is 2.63. The fraction of sp³-hybridized carbons (Fsp3) is 0.692. The maximum Gasteiger partial charge on any atom is 0.348 e. The number of hydrogen-bond acceptors (Lipinski definition) is 5. The molecule has 0 radical (unpaired) electrons. The van der Waals surface area contributed by atoms with Crippen molar-refractivity contribution >= 4 is 23.1 Å². The van der Waals surface area contributed by atoms with Gasteiger partial charge in [-0.1, -0.05) is 25.4 Å². The summed E-state index contributed by atoms with van der Waals surface area (Å²) in [6, 6.07) is 0. The van der Waals surface area contributed by atoms with Crippen molar-refractivity contribution < 1.29 is 4.92 Å². The van der Waals surface area contributed by atoms with Crippen molar-refractivity contribution in [3.05, 3.63) is 21.6 Å². The summed E-state index contributed by atoms with van der Waals surface area (Å²) in [4.78, 5) is 20.4. The summed E-state index contributed by atoms with van der Waals surface area (Å²) in [5.74, 6) is 1.65. The predicted octanol–water partition coefficient (Wildman–Crippen LogP) is 3.30. The molecule has 1 aromatic heterocycles. The van der Waals surface area contributed by atoms with E-state index in [-0.39, 0.29) is 10.8 Å². The minimum atomic E-state index is -0.498. The van der Waals surface area contributed by atoms with Crippen LogP contribution in [-0.4, -0.2) is 28.0 Å². The molecule has 20 heavy (non-hydrogen) atoms. The van der Waals surface area contributed by atoms with Crippen molar-refractivity contribution in [3.8, 4) is 0 Å². The van der Waals surface area contributed by atoms with E-state index in [0.717, 1.165) is 32.4 Å². The summed E-state index contributed by atoms with van der Waals surface area (Å²) in [6.07, 6.45) is 4.48. The third-order valence-corrected chi connectivity index (χ3v) is 4.23. The van der Waals surface area contributed by atoms with E-state index in [1.54, 1.807) is 0 Å². The molecule has 1 fully saturated rings. The van der Waals surface area contributed by atoms with Crippen LogP contribution < -0.4 is 4.90 Å². The number of nitrogens with zero attached hydrogens (tertiary/aromatic N) is 4. The molecule has 1 saturated heterocycles. The standard InChI is InChI=1S/C13H19ClN4O2/c1-9(2)10-4-3-6-17(7-5-10)13-11(18(19)20)12(14)15-8-16-13/h8-10H,3-7H2,1-2H3. The molecule has 0 aliphatic carbocycles. The van der Waals surface area contributed by atoms with Crippen molar-refractivity contribution in [3.63, 3.8) is 0 Å². The van der Waals surface area contributed by atoms with Crippen molar-refractivity contribution in [2.75, 3.05) is 18.0 Å². The highest BCUT2D eigenvalue weighted by Gasteiger charge is 2.28. The Morgan fingerprint density at radius 1 is 1.40 bits per heavy atom. The van der Waals surface area contributed by atoms with Crippen LogP contribution in [0.15, 0.2) is 6.33 Å². The van der Waals surface area contributed by atoms with Gasteiger partial charge in [-0.05, 0) is 31.1 Å². The summed E-state index contributed by atoms with van der Waals surface area (Å²) < 4.78 is 0. The fourth-order valence-electron chi connectivity index (χ4n) is 2.74. The van der Waals surface area contributed by atoms with Gasteiger partial charge in [-0.15, -0.1) is 0 Å². The van der Waals surface area contributed by atoms with Crippen LogP contribution in [0.4, 0.5) is 11.5 Å². The van der Waals surface area contributed by atoms with Gasteiger partial charge in [0.25, 0.3) is 0 Å². The number of aromatic nitrogens is 2.